The minimum Gasteiger partial charge on any atom is -0.496 e. The molecule has 3 aromatic rings. The van der Waals surface area contributed by atoms with E-state index < -0.39 is 0 Å². The first kappa shape index (κ1) is 24.5. The lowest BCUT2D eigenvalue weighted by Gasteiger charge is -2.32. The van der Waals surface area contributed by atoms with Gasteiger partial charge in [0.2, 0.25) is 5.95 Å². The first-order chi connectivity index (χ1) is 16.9. The molecule has 1 saturated heterocycles. The minimum absolute atomic E-state index is 0.0108. The SMILES string of the molecule is CCCCNc1nc(N)nc2ccn(Cc3ccc(C(=O)N4CCN(C)CC4)cc3OC)c(=O)c12. The number of anilines is 2. The highest BCUT2D eigenvalue weighted by Gasteiger charge is 2.21. The molecule has 1 aliphatic rings. The predicted octanol–water partition coefficient (Wildman–Crippen LogP) is 2.03. The second kappa shape index (κ2) is 10.7. The van der Waals surface area contributed by atoms with Crippen molar-refractivity contribution in [3.8, 4) is 5.75 Å². The largest absolute Gasteiger partial charge is 0.496 e. The van der Waals surface area contributed by atoms with Gasteiger partial charge < -0.3 is 30.2 Å². The molecule has 0 bridgehead atoms. The molecule has 1 aliphatic heterocycles. The van der Waals surface area contributed by atoms with E-state index in [-0.39, 0.29) is 24.0 Å². The number of fused-ring (bicyclic) bond motifs is 1. The Morgan fingerprint density at radius 2 is 1.94 bits per heavy atom. The Bertz CT molecular complexity index is 1270. The minimum atomic E-state index is -0.221. The summed E-state index contributed by atoms with van der Waals surface area (Å²) in [5.41, 5.74) is 7.50. The van der Waals surface area contributed by atoms with Gasteiger partial charge in [0.25, 0.3) is 11.5 Å². The van der Waals surface area contributed by atoms with Crippen LogP contribution in [0.1, 0.15) is 35.7 Å². The summed E-state index contributed by atoms with van der Waals surface area (Å²) in [6, 6.07) is 7.16. The molecule has 0 radical (unpaired) electrons. The number of likely N-dealkylation sites (N-methyl/N-ethyl adjacent to an activating group) is 1. The number of rotatable bonds is 8. The van der Waals surface area contributed by atoms with Gasteiger partial charge in [-0.05, 0) is 31.7 Å². The summed E-state index contributed by atoms with van der Waals surface area (Å²) in [5, 5.41) is 3.62. The number of nitrogens with two attached hydrogens (primary N) is 1. The van der Waals surface area contributed by atoms with Crippen LogP contribution in [0.15, 0.2) is 35.3 Å². The molecule has 4 rings (SSSR count). The topological polar surface area (TPSA) is 119 Å². The first-order valence-electron chi connectivity index (χ1n) is 12.0. The molecule has 1 amide bonds. The summed E-state index contributed by atoms with van der Waals surface area (Å²) in [4.78, 5) is 39.0. The van der Waals surface area contributed by atoms with Crippen molar-refractivity contribution in [2.75, 3.05) is 57.9 Å². The second-order valence-electron chi connectivity index (χ2n) is 8.84. The van der Waals surface area contributed by atoms with Crippen LogP contribution in [0.2, 0.25) is 0 Å². The van der Waals surface area contributed by atoms with E-state index in [0.717, 1.165) is 31.5 Å². The number of amides is 1. The average Bonchev–Trinajstić information content (AvgIpc) is 2.85. The molecule has 1 aromatic carbocycles. The van der Waals surface area contributed by atoms with E-state index >= 15 is 0 Å². The van der Waals surface area contributed by atoms with Gasteiger partial charge in [-0.3, -0.25) is 9.59 Å². The molecule has 0 saturated carbocycles. The van der Waals surface area contributed by atoms with Gasteiger partial charge in [0.05, 0.1) is 19.2 Å². The molecule has 1 fully saturated rings. The van der Waals surface area contributed by atoms with Crippen LogP contribution in [-0.2, 0) is 6.54 Å². The Morgan fingerprint density at radius 1 is 1.17 bits per heavy atom. The van der Waals surface area contributed by atoms with E-state index in [1.165, 1.54) is 0 Å². The van der Waals surface area contributed by atoms with E-state index in [1.54, 1.807) is 36.1 Å². The molecule has 0 unspecified atom stereocenters. The molecule has 0 atom stereocenters. The lowest BCUT2D eigenvalue weighted by atomic mass is 10.1. The van der Waals surface area contributed by atoms with Crippen molar-refractivity contribution >= 4 is 28.6 Å². The third kappa shape index (κ3) is 5.37. The van der Waals surface area contributed by atoms with Crippen LogP contribution in [-0.4, -0.2) is 77.1 Å². The number of unbranched alkanes of at least 4 members (excludes halogenated alkanes) is 1. The monoisotopic (exact) mass is 479 g/mol. The zero-order valence-electron chi connectivity index (χ0n) is 20.6. The van der Waals surface area contributed by atoms with E-state index in [4.69, 9.17) is 10.5 Å². The van der Waals surface area contributed by atoms with Gasteiger partial charge in [0.1, 0.15) is 17.0 Å². The fourth-order valence-corrected chi connectivity index (χ4v) is 4.22. The molecule has 3 N–H and O–H groups in total. The summed E-state index contributed by atoms with van der Waals surface area (Å²) >= 11 is 0. The maximum Gasteiger partial charge on any atom is 0.264 e. The predicted molar refractivity (Wildman–Crippen MR) is 137 cm³/mol. The molecule has 35 heavy (non-hydrogen) atoms. The van der Waals surface area contributed by atoms with Crippen molar-refractivity contribution in [3.63, 3.8) is 0 Å². The summed E-state index contributed by atoms with van der Waals surface area (Å²) in [5.74, 6) is 1.12. The highest BCUT2D eigenvalue weighted by Crippen LogP contribution is 2.23. The van der Waals surface area contributed by atoms with Gasteiger partial charge in [0.15, 0.2) is 0 Å². The zero-order chi connectivity index (χ0) is 24.9. The van der Waals surface area contributed by atoms with E-state index in [9.17, 15) is 9.59 Å². The van der Waals surface area contributed by atoms with Gasteiger partial charge in [-0.2, -0.15) is 4.98 Å². The van der Waals surface area contributed by atoms with Crippen LogP contribution < -0.4 is 21.3 Å². The molecule has 0 aliphatic carbocycles. The maximum absolute atomic E-state index is 13.4. The van der Waals surface area contributed by atoms with Crippen molar-refractivity contribution in [2.45, 2.75) is 26.3 Å². The highest BCUT2D eigenvalue weighted by molar-refractivity contribution is 5.95. The maximum atomic E-state index is 13.4. The normalized spacial score (nSPS) is 14.3. The molecular formula is C25H33N7O3. The highest BCUT2D eigenvalue weighted by atomic mass is 16.5. The smallest absolute Gasteiger partial charge is 0.264 e. The number of nitrogens with zero attached hydrogens (tertiary/aromatic N) is 5. The van der Waals surface area contributed by atoms with Crippen molar-refractivity contribution in [1.29, 1.82) is 0 Å². The Hall–Kier alpha value is -3.66. The molecule has 2 aromatic heterocycles. The standard InChI is InChI=1S/C25H33N7O3/c1-4-5-9-27-22-21-19(28-25(26)29-22)8-10-32(24(21)34)16-18-7-6-17(15-20(18)35-3)23(33)31-13-11-30(2)12-14-31/h6-8,10,15H,4-5,9,11-14,16H2,1-3H3,(H3,26,27,28,29). The number of piperazine rings is 1. The van der Waals surface area contributed by atoms with Crippen molar-refractivity contribution < 1.29 is 9.53 Å². The number of hydrogen-bond donors (Lipinski definition) is 2. The summed E-state index contributed by atoms with van der Waals surface area (Å²) in [6.07, 6.45) is 3.65. The van der Waals surface area contributed by atoms with Crippen LogP contribution in [0.25, 0.3) is 10.9 Å². The number of nitrogens with one attached hydrogen (secondary N) is 1. The van der Waals surface area contributed by atoms with Crippen molar-refractivity contribution in [3.05, 3.63) is 51.9 Å². The molecular weight excluding hydrogens is 446 g/mol. The molecule has 10 nitrogen and oxygen atoms in total. The Morgan fingerprint density at radius 3 is 2.66 bits per heavy atom. The lowest BCUT2D eigenvalue weighted by molar-refractivity contribution is 0.0663. The zero-order valence-corrected chi connectivity index (χ0v) is 20.6. The van der Waals surface area contributed by atoms with E-state index in [2.05, 4.69) is 34.2 Å². The van der Waals surface area contributed by atoms with Crippen LogP contribution in [0.4, 0.5) is 11.8 Å². The summed E-state index contributed by atoms with van der Waals surface area (Å²) < 4.78 is 7.19. The fourth-order valence-electron chi connectivity index (χ4n) is 4.22. The van der Waals surface area contributed by atoms with Gasteiger partial charge in [-0.15, -0.1) is 0 Å². The van der Waals surface area contributed by atoms with Crippen LogP contribution in [0, 0.1) is 0 Å². The number of hydrogen-bond acceptors (Lipinski definition) is 8. The van der Waals surface area contributed by atoms with Crippen LogP contribution >= 0.6 is 0 Å². The van der Waals surface area contributed by atoms with Gasteiger partial charge in [-0.1, -0.05) is 19.4 Å². The molecule has 10 heteroatoms. The number of benzene rings is 1. The van der Waals surface area contributed by atoms with E-state index in [1.807, 2.05) is 11.0 Å². The number of pyridine rings is 1. The van der Waals surface area contributed by atoms with Gasteiger partial charge >= 0.3 is 0 Å². The van der Waals surface area contributed by atoms with Crippen molar-refractivity contribution in [1.82, 2.24) is 24.3 Å². The number of methoxy groups -OCH3 is 1. The Kier molecular flexibility index (Phi) is 7.50. The molecule has 186 valence electrons. The van der Waals surface area contributed by atoms with Crippen molar-refractivity contribution in [2.24, 2.45) is 0 Å². The third-order valence-electron chi connectivity index (χ3n) is 6.33. The number of carbonyl (C=O) groups is 1. The third-order valence-corrected chi connectivity index (χ3v) is 6.33. The number of aromatic nitrogens is 3. The summed E-state index contributed by atoms with van der Waals surface area (Å²) in [6.45, 7) is 6.18. The average molecular weight is 480 g/mol. The Balaban J connectivity index is 1.62. The van der Waals surface area contributed by atoms with Crippen LogP contribution in [0.5, 0.6) is 5.75 Å². The summed E-state index contributed by atoms with van der Waals surface area (Å²) in [7, 11) is 3.62. The molecule has 0 spiro atoms. The molecule has 3 heterocycles. The number of nitrogen functional groups attached to an aromatic ring is 1. The quantitative estimate of drug-likeness (QED) is 0.471. The van der Waals surface area contributed by atoms with Gasteiger partial charge in [-0.25, -0.2) is 4.98 Å². The number of ether oxygens (including phenoxy) is 1. The second-order valence-corrected chi connectivity index (χ2v) is 8.84. The first-order valence-corrected chi connectivity index (χ1v) is 12.0. The fraction of sp³-hybridized carbons (Fsp3) is 0.440. The lowest BCUT2D eigenvalue weighted by Crippen LogP contribution is -2.47. The van der Waals surface area contributed by atoms with Gasteiger partial charge in [0, 0.05) is 50.0 Å². The Labute approximate surface area is 204 Å². The van der Waals surface area contributed by atoms with E-state index in [0.29, 0.717) is 47.7 Å². The number of carbonyl (C=O) groups excluding carboxylic acids is 1. The van der Waals surface area contributed by atoms with Crippen LogP contribution in [0.3, 0.4) is 0 Å².